The van der Waals surface area contributed by atoms with Crippen LogP contribution in [0, 0.1) is 11.3 Å². The number of imidazole rings is 1. The summed E-state index contributed by atoms with van der Waals surface area (Å²) in [6.45, 7) is 9.26. The molecule has 1 aromatic heterocycles. The molecule has 0 radical (unpaired) electrons. The van der Waals surface area contributed by atoms with Crippen molar-refractivity contribution in [2.45, 2.75) is 51.1 Å². The minimum absolute atomic E-state index is 0.279. The number of rotatable bonds is 7. The fraction of sp³-hybridized carbons (Fsp3) is 0.360. The van der Waals surface area contributed by atoms with E-state index >= 15 is 0 Å². The number of hydrogen-bond donors (Lipinski definition) is 1. The number of hydrogen-bond acceptors (Lipinski definition) is 5. The number of anilines is 1. The van der Waals surface area contributed by atoms with Gasteiger partial charge >= 0.3 is 12.2 Å². The number of urea groups is 1. The zero-order valence-corrected chi connectivity index (χ0v) is 21.8. The Morgan fingerprint density at radius 2 is 1.89 bits per heavy atom. The third-order valence-corrected chi connectivity index (χ3v) is 8.01. The number of ether oxygens (including phenoxy) is 1. The van der Waals surface area contributed by atoms with E-state index in [1.165, 1.54) is 13.0 Å². The Bertz CT molecular complexity index is 1420. The fourth-order valence-corrected chi connectivity index (χ4v) is 4.85. The highest BCUT2D eigenvalue weighted by Crippen LogP contribution is 2.38. The Morgan fingerprint density at radius 3 is 2.54 bits per heavy atom. The van der Waals surface area contributed by atoms with Crippen LogP contribution in [0.4, 0.5) is 23.7 Å². The van der Waals surface area contributed by atoms with Crippen LogP contribution in [-0.4, -0.2) is 36.2 Å². The first-order valence-corrected chi connectivity index (χ1v) is 15.3. The number of alkyl halides is 3. The molecule has 1 aliphatic heterocycles. The maximum absolute atomic E-state index is 13.4. The quantitative estimate of drug-likeness (QED) is 0.257. The molecule has 4 rings (SSSR count). The number of nitrogens with zero attached hydrogens (tertiary/aromatic N) is 4. The van der Waals surface area contributed by atoms with Crippen molar-refractivity contribution in [2.75, 3.05) is 11.5 Å². The van der Waals surface area contributed by atoms with Crippen molar-refractivity contribution >= 4 is 36.7 Å². The van der Waals surface area contributed by atoms with Crippen LogP contribution in [0.5, 0.6) is 0 Å². The summed E-state index contributed by atoms with van der Waals surface area (Å²) >= 11 is 0. The van der Waals surface area contributed by atoms with E-state index in [2.05, 4.69) is 29.9 Å². The highest BCUT2D eigenvalue weighted by atomic mass is 28.3. The number of fused-ring (bicyclic) bond motifs is 1. The van der Waals surface area contributed by atoms with Crippen LogP contribution in [0.25, 0.3) is 11.0 Å². The summed E-state index contributed by atoms with van der Waals surface area (Å²) in [5, 5.41) is 11.6. The third-order valence-electron chi connectivity index (χ3n) is 6.30. The van der Waals surface area contributed by atoms with E-state index in [0.717, 1.165) is 23.7 Å². The van der Waals surface area contributed by atoms with Gasteiger partial charge in [0.05, 0.1) is 40.2 Å². The van der Waals surface area contributed by atoms with Crippen LogP contribution in [0.3, 0.4) is 0 Å². The lowest BCUT2D eigenvalue weighted by Gasteiger charge is -2.22. The van der Waals surface area contributed by atoms with Gasteiger partial charge in [-0.3, -0.25) is 4.79 Å². The third kappa shape index (κ3) is 5.10. The summed E-state index contributed by atoms with van der Waals surface area (Å²) in [4.78, 5) is 31.2. The first-order chi connectivity index (χ1) is 17.2. The van der Waals surface area contributed by atoms with Gasteiger partial charge in [-0.2, -0.15) is 18.4 Å². The van der Waals surface area contributed by atoms with Crippen LogP contribution >= 0.6 is 0 Å². The second-order valence-corrected chi connectivity index (χ2v) is 15.9. The van der Waals surface area contributed by atoms with E-state index in [9.17, 15) is 22.8 Å². The maximum atomic E-state index is 13.4. The molecule has 3 amide bonds. The Labute approximate surface area is 212 Å². The van der Waals surface area contributed by atoms with E-state index < -0.39 is 42.9 Å². The Kier molecular flexibility index (Phi) is 6.64. The van der Waals surface area contributed by atoms with Crippen molar-refractivity contribution in [3.05, 3.63) is 59.4 Å². The molecule has 1 N–H and O–H groups in total. The average molecular weight is 530 g/mol. The zero-order chi connectivity index (χ0) is 27.2. The Balaban J connectivity index is 1.60. The number of nitrogens with one attached hydrogen (secondary N) is 1. The van der Waals surface area contributed by atoms with Crippen LogP contribution in [-0.2, 0) is 28.0 Å². The summed E-state index contributed by atoms with van der Waals surface area (Å²) < 4.78 is 48.0. The first-order valence-electron chi connectivity index (χ1n) is 11.6. The van der Waals surface area contributed by atoms with Crippen LogP contribution in [0.2, 0.25) is 25.7 Å². The normalized spacial score (nSPS) is 18.4. The molecule has 8 nitrogen and oxygen atoms in total. The van der Waals surface area contributed by atoms with Gasteiger partial charge in [0.15, 0.2) is 0 Å². The van der Waals surface area contributed by atoms with E-state index in [1.54, 1.807) is 24.5 Å². The van der Waals surface area contributed by atoms with Crippen molar-refractivity contribution < 1.29 is 27.5 Å². The van der Waals surface area contributed by atoms with Crippen molar-refractivity contribution in [3.63, 3.8) is 0 Å². The summed E-state index contributed by atoms with van der Waals surface area (Å²) in [5.41, 5.74) is -1.86. The van der Waals surface area contributed by atoms with Crippen molar-refractivity contribution in [1.82, 2.24) is 14.9 Å². The average Bonchev–Trinajstić information content (AvgIpc) is 3.32. The van der Waals surface area contributed by atoms with Gasteiger partial charge in [-0.15, -0.1) is 0 Å². The Morgan fingerprint density at radius 1 is 1.16 bits per heavy atom. The van der Waals surface area contributed by atoms with Gasteiger partial charge in [-0.1, -0.05) is 25.7 Å². The predicted octanol–water partition coefficient (Wildman–Crippen LogP) is 5.21. The van der Waals surface area contributed by atoms with Crippen LogP contribution < -0.4 is 10.2 Å². The molecule has 0 saturated carbocycles. The smallest absolute Gasteiger partial charge is 0.361 e. The van der Waals surface area contributed by atoms with Crippen LogP contribution in [0.1, 0.15) is 23.6 Å². The van der Waals surface area contributed by atoms with Gasteiger partial charge in [0, 0.05) is 14.7 Å². The molecule has 1 fully saturated rings. The summed E-state index contributed by atoms with van der Waals surface area (Å²) in [5.74, 6) is -0.746. The minimum atomic E-state index is -4.83. The summed E-state index contributed by atoms with van der Waals surface area (Å²) in [6, 6.07) is 9.46. The fourth-order valence-electron chi connectivity index (χ4n) is 4.09. The van der Waals surface area contributed by atoms with E-state index in [1.807, 2.05) is 4.57 Å². The molecule has 0 bridgehead atoms. The molecule has 2 aromatic carbocycles. The predicted molar refractivity (Wildman–Crippen MR) is 133 cm³/mol. The number of nitriles is 1. The second-order valence-electron chi connectivity index (χ2n) is 10.3. The highest BCUT2D eigenvalue weighted by Gasteiger charge is 2.50. The molecule has 1 atom stereocenters. The van der Waals surface area contributed by atoms with Crippen molar-refractivity contribution in [1.29, 1.82) is 5.26 Å². The first kappa shape index (κ1) is 26.4. The SMILES string of the molecule is CC1(c2ccc3c(c2)ncn3COCC[Si](C)(C)C)NC(=O)N(c2ccc(C#N)c(C(F)(F)F)c2)C1=O. The molecule has 1 saturated heterocycles. The van der Waals surface area contributed by atoms with Gasteiger partial charge in [0.2, 0.25) is 0 Å². The van der Waals surface area contributed by atoms with Gasteiger partial charge < -0.3 is 14.6 Å². The number of imide groups is 1. The van der Waals surface area contributed by atoms with E-state index in [4.69, 9.17) is 10.00 Å². The summed E-state index contributed by atoms with van der Waals surface area (Å²) in [6.07, 6.45) is -3.20. The molecule has 1 unspecified atom stereocenters. The lowest BCUT2D eigenvalue weighted by molar-refractivity contribution is -0.137. The van der Waals surface area contributed by atoms with Crippen molar-refractivity contribution in [3.8, 4) is 6.07 Å². The number of carbonyl (C=O) groups is 2. The van der Waals surface area contributed by atoms with Gasteiger partial charge in [0.25, 0.3) is 5.91 Å². The molecule has 0 spiro atoms. The molecule has 12 heteroatoms. The van der Waals surface area contributed by atoms with Crippen LogP contribution in [0.15, 0.2) is 42.7 Å². The number of halogens is 3. The van der Waals surface area contributed by atoms with E-state index in [-0.39, 0.29) is 5.69 Å². The second kappa shape index (κ2) is 9.31. The monoisotopic (exact) mass is 529 g/mol. The molecule has 0 aliphatic carbocycles. The van der Waals surface area contributed by atoms with Gasteiger partial charge in [0.1, 0.15) is 12.3 Å². The number of benzene rings is 2. The Hall–Kier alpha value is -3.69. The molecule has 194 valence electrons. The lowest BCUT2D eigenvalue weighted by atomic mass is 9.91. The molecule has 1 aliphatic rings. The number of aromatic nitrogens is 2. The minimum Gasteiger partial charge on any atom is -0.361 e. The standard InChI is InChI=1S/C25H26F3N5O3Si/c1-24(17-6-8-21-20(11-17)30-14-32(21)15-36-9-10-37(2,3)4)22(34)33(23(35)31-24)18-7-5-16(13-29)19(12-18)25(26,27)28/h5-8,11-12,14H,9-10,15H2,1-4H3,(H,31,35). The lowest BCUT2D eigenvalue weighted by Crippen LogP contribution is -2.41. The topological polar surface area (TPSA) is 100 Å². The molecule has 2 heterocycles. The van der Waals surface area contributed by atoms with E-state index in [0.29, 0.717) is 35.4 Å². The van der Waals surface area contributed by atoms with Crippen molar-refractivity contribution in [2.24, 2.45) is 0 Å². The maximum Gasteiger partial charge on any atom is 0.417 e. The number of amides is 3. The zero-order valence-electron chi connectivity index (χ0n) is 20.8. The molecular weight excluding hydrogens is 503 g/mol. The molecule has 37 heavy (non-hydrogen) atoms. The summed E-state index contributed by atoms with van der Waals surface area (Å²) in [7, 11) is -1.21. The van der Waals surface area contributed by atoms with Gasteiger partial charge in [-0.25, -0.2) is 14.7 Å². The molecular formula is C25H26F3N5O3Si. The largest absolute Gasteiger partial charge is 0.417 e. The van der Waals surface area contributed by atoms with Gasteiger partial charge in [-0.05, 0) is 48.9 Å². The molecule has 3 aromatic rings. The highest BCUT2D eigenvalue weighted by molar-refractivity contribution is 6.76. The number of carbonyl (C=O) groups excluding carboxylic acids is 2.